The van der Waals surface area contributed by atoms with Gasteiger partial charge in [0.25, 0.3) is 11.8 Å². The number of nitrogens with one attached hydrogen (secondary N) is 1. The van der Waals surface area contributed by atoms with Gasteiger partial charge >= 0.3 is 0 Å². The highest BCUT2D eigenvalue weighted by Gasteiger charge is 2.22. The van der Waals surface area contributed by atoms with Crippen molar-refractivity contribution in [2.24, 2.45) is 0 Å². The largest absolute Gasteiger partial charge is 0.348 e. The molecule has 1 aliphatic carbocycles. The topological polar surface area (TPSA) is 65.5 Å². The van der Waals surface area contributed by atoms with Crippen molar-refractivity contribution in [2.75, 3.05) is 33.2 Å². The summed E-state index contributed by atoms with van der Waals surface area (Å²) in [4.78, 5) is 33.4. The van der Waals surface area contributed by atoms with Crippen LogP contribution in [0.1, 0.15) is 59.4 Å². The molecule has 6 heteroatoms. The number of likely N-dealkylation sites (N-methyl/N-ethyl adjacent to an activating group) is 1. The van der Waals surface area contributed by atoms with Gasteiger partial charge in [-0.25, -0.2) is 0 Å². The minimum absolute atomic E-state index is 0.0148. The second-order valence-electron chi connectivity index (χ2n) is 7.19. The molecular weight excluding hydrogens is 316 g/mol. The number of amides is 2. The lowest BCUT2D eigenvalue weighted by Gasteiger charge is -2.32. The lowest BCUT2D eigenvalue weighted by atomic mass is 10.1. The van der Waals surface area contributed by atoms with Gasteiger partial charge in [0.2, 0.25) is 0 Å². The number of hydrogen-bond acceptors (Lipinski definition) is 4. The van der Waals surface area contributed by atoms with E-state index in [1.807, 2.05) is 4.90 Å². The van der Waals surface area contributed by atoms with Crippen molar-refractivity contribution in [3.63, 3.8) is 0 Å². The number of piperazine rings is 1. The van der Waals surface area contributed by atoms with Crippen LogP contribution in [0, 0.1) is 0 Å². The first-order valence-corrected chi connectivity index (χ1v) is 9.38. The Hall–Kier alpha value is -1.95. The Morgan fingerprint density at radius 1 is 1.08 bits per heavy atom. The fourth-order valence-electron chi connectivity index (χ4n) is 3.56. The zero-order chi connectivity index (χ0) is 17.6. The van der Waals surface area contributed by atoms with E-state index in [2.05, 4.69) is 22.2 Å². The summed E-state index contributed by atoms with van der Waals surface area (Å²) in [5.74, 6) is -0.182. The summed E-state index contributed by atoms with van der Waals surface area (Å²) in [7, 11) is 2.06. The van der Waals surface area contributed by atoms with Gasteiger partial charge in [-0.1, -0.05) is 25.7 Å². The lowest BCUT2D eigenvalue weighted by molar-refractivity contribution is 0.0664. The molecule has 1 saturated carbocycles. The van der Waals surface area contributed by atoms with E-state index in [0.29, 0.717) is 11.3 Å². The van der Waals surface area contributed by atoms with Gasteiger partial charge in [0, 0.05) is 44.0 Å². The maximum absolute atomic E-state index is 12.7. The third-order valence-electron chi connectivity index (χ3n) is 5.22. The predicted octanol–water partition coefficient (Wildman–Crippen LogP) is 1.92. The van der Waals surface area contributed by atoms with Gasteiger partial charge in [0.15, 0.2) is 0 Å². The minimum atomic E-state index is -0.167. The van der Waals surface area contributed by atoms with E-state index in [4.69, 9.17) is 0 Å². The molecule has 1 N–H and O–H groups in total. The first-order chi connectivity index (χ1) is 12.1. The van der Waals surface area contributed by atoms with Gasteiger partial charge in [0.1, 0.15) is 5.69 Å². The van der Waals surface area contributed by atoms with Crippen LogP contribution in [0.25, 0.3) is 0 Å². The first kappa shape index (κ1) is 17.9. The average molecular weight is 344 g/mol. The highest BCUT2D eigenvalue weighted by Crippen LogP contribution is 2.17. The van der Waals surface area contributed by atoms with E-state index in [0.717, 1.165) is 39.0 Å². The summed E-state index contributed by atoms with van der Waals surface area (Å²) >= 11 is 0. The molecule has 136 valence electrons. The third-order valence-corrected chi connectivity index (χ3v) is 5.22. The molecule has 1 saturated heterocycles. The Kier molecular flexibility index (Phi) is 6.02. The molecule has 2 fully saturated rings. The van der Waals surface area contributed by atoms with E-state index in [-0.39, 0.29) is 17.9 Å². The number of carbonyl (C=O) groups excluding carboxylic acids is 2. The maximum Gasteiger partial charge on any atom is 0.270 e. The zero-order valence-electron chi connectivity index (χ0n) is 15.0. The van der Waals surface area contributed by atoms with Crippen LogP contribution in [-0.4, -0.2) is 65.9 Å². The Morgan fingerprint density at radius 3 is 2.44 bits per heavy atom. The Bertz CT molecular complexity index is 603. The van der Waals surface area contributed by atoms with Crippen LogP contribution in [0.4, 0.5) is 0 Å². The van der Waals surface area contributed by atoms with Crippen molar-refractivity contribution in [2.45, 2.75) is 44.6 Å². The number of pyridine rings is 1. The average Bonchev–Trinajstić information content (AvgIpc) is 2.90. The molecule has 2 aliphatic rings. The molecule has 6 nitrogen and oxygen atoms in total. The number of hydrogen-bond donors (Lipinski definition) is 1. The van der Waals surface area contributed by atoms with Crippen molar-refractivity contribution < 1.29 is 9.59 Å². The van der Waals surface area contributed by atoms with Gasteiger partial charge in [-0.3, -0.25) is 14.6 Å². The van der Waals surface area contributed by atoms with E-state index >= 15 is 0 Å². The molecule has 2 heterocycles. The molecule has 0 bridgehead atoms. The van der Waals surface area contributed by atoms with Gasteiger partial charge in [-0.2, -0.15) is 0 Å². The van der Waals surface area contributed by atoms with Crippen LogP contribution >= 0.6 is 0 Å². The fourth-order valence-corrected chi connectivity index (χ4v) is 3.56. The van der Waals surface area contributed by atoms with Gasteiger partial charge in [-0.15, -0.1) is 0 Å². The summed E-state index contributed by atoms with van der Waals surface area (Å²) in [5.41, 5.74) is 0.884. The lowest BCUT2D eigenvalue weighted by Crippen LogP contribution is -2.47. The van der Waals surface area contributed by atoms with Gasteiger partial charge in [-0.05, 0) is 32.0 Å². The molecule has 0 atom stereocenters. The van der Waals surface area contributed by atoms with E-state index in [1.165, 1.54) is 25.7 Å². The smallest absolute Gasteiger partial charge is 0.270 e. The SMILES string of the molecule is CN1CCN(C(=O)c2ccnc(C(=O)NC3CCCCCC3)c2)CC1. The second-order valence-corrected chi connectivity index (χ2v) is 7.19. The number of nitrogens with zero attached hydrogens (tertiary/aromatic N) is 3. The standard InChI is InChI=1S/C19H28N4O2/c1-22-10-12-23(13-11-22)19(25)15-8-9-20-17(14-15)18(24)21-16-6-4-2-3-5-7-16/h8-9,14,16H,2-7,10-13H2,1H3,(H,21,24). The van der Waals surface area contributed by atoms with Crippen LogP contribution in [0.15, 0.2) is 18.3 Å². The zero-order valence-corrected chi connectivity index (χ0v) is 15.0. The van der Waals surface area contributed by atoms with Crippen molar-refractivity contribution in [3.05, 3.63) is 29.6 Å². The van der Waals surface area contributed by atoms with Crippen molar-refractivity contribution in [1.29, 1.82) is 0 Å². The van der Waals surface area contributed by atoms with Crippen molar-refractivity contribution >= 4 is 11.8 Å². The predicted molar refractivity (Wildman–Crippen MR) is 96.6 cm³/mol. The van der Waals surface area contributed by atoms with E-state index < -0.39 is 0 Å². The molecule has 25 heavy (non-hydrogen) atoms. The molecule has 1 aliphatic heterocycles. The van der Waals surface area contributed by atoms with Gasteiger partial charge in [0.05, 0.1) is 0 Å². The molecule has 3 rings (SSSR count). The second kappa shape index (κ2) is 8.43. The van der Waals surface area contributed by atoms with E-state index in [1.54, 1.807) is 18.3 Å². The highest BCUT2D eigenvalue weighted by atomic mass is 16.2. The summed E-state index contributed by atoms with van der Waals surface area (Å²) in [5, 5.41) is 3.09. The molecule has 2 amide bonds. The monoisotopic (exact) mass is 344 g/mol. The van der Waals surface area contributed by atoms with Crippen LogP contribution in [0.2, 0.25) is 0 Å². The molecule has 1 aromatic rings. The minimum Gasteiger partial charge on any atom is -0.348 e. The van der Waals surface area contributed by atoms with Gasteiger partial charge < -0.3 is 15.1 Å². The van der Waals surface area contributed by atoms with Crippen LogP contribution in [-0.2, 0) is 0 Å². The van der Waals surface area contributed by atoms with Crippen LogP contribution in [0.3, 0.4) is 0 Å². The highest BCUT2D eigenvalue weighted by molar-refractivity contribution is 5.98. The Balaban J connectivity index is 1.64. The van der Waals surface area contributed by atoms with Crippen LogP contribution in [0.5, 0.6) is 0 Å². The number of carbonyl (C=O) groups is 2. The fraction of sp³-hybridized carbons (Fsp3) is 0.632. The summed E-state index contributed by atoms with van der Waals surface area (Å²) in [6, 6.07) is 3.56. The number of aromatic nitrogens is 1. The Morgan fingerprint density at radius 2 is 1.76 bits per heavy atom. The number of rotatable bonds is 3. The quantitative estimate of drug-likeness (QED) is 0.851. The molecular formula is C19H28N4O2. The maximum atomic E-state index is 12.7. The molecule has 0 unspecified atom stereocenters. The van der Waals surface area contributed by atoms with E-state index in [9.17, 15) is 9.59 Å². The molecule has 0 aromatic carbocycles. The molecule has 0 radical (unpaired) electrons. The summed E-state index contributed by atoms with van der Waals surface area (Å²) < 4.78 is 0. The van der Waals surface area contributed by atoms with Crippen LogP contribution < -0.4 is 5.32 Å². The van der Waals surface area contributed by atoms with Crippen molar-refractivity contribution in [3.8, 4) is 0 Å². The summed E-state index contributed by atoms with van der Waals surface area (Å²) in [6.07, 6.45) is 8.46. The Labute approximate surface area is 149 Å². The summed E-state index contributed by atoms with van der Waals surface area (Å²) in [6.45, 7) is 3.21. The third kappa shape index (κ3) is 4.78. The first-order valence-electron chi connectivity index (χ1n) is 9.38. The normalized spacial score (nSPS) is 20.1. The molecule has 0 spiro atoms. The molecule has 1 aromatic heterocycles. The van der Waals surface area contributed by atoms with Crippen molar-refractivity contribution in [1.82, 2.24) is 20.1 Å².